The summed E-state index contributed by atoms with van der Waals surface area (Å²) in [5.41, 5.74) is 1.83. The van der Waals surface area contributed by atoms with Crippen LogP contribution in [0.25, 0.3) is 0 Å². The number of hydrogen-bond donors (Lipinski definition) is 3. The molecule has 1 aromatic rings. The van der Waals surface area contributed by atoms with Crippen molar-refractivity contribution in [1.29, 1.82) is 0 Å². The van der Waals surface area contributed by atoms with Crippen molar-refractivity contribution < 1.29 is 9.90 Å². The Bertz CT molecular complexity index is 591. The predicted molar refractivity (Wildman–Crippen MR) is 90.5 cm³/mol. The fraction of sp³-hybridized carbons (Fsp3) is 0.632. The van der Waals surface area contributed by atoms with Gasteiger partial charge in [-0.15, -0.1) is 0 Å². The second-order valence-electron chi connectivity index (χ2n) is 8.25. The molecule has 4 aliphatic carbocycles. The molecule has 0 spiro atoms. The summed E-state index contributed by atoms with van der Waals surface area (Å²) in [5, 5.41) is 15.7. The molecular formula is C19H26N2O2. The van der Waals surface area contributed by atoms with Crippen molar-refractivity contribution >= 4 is 11.7 Å². The number of aryl methyl sites for hydroxylation is 1. The van der Waals surface area contributed by atoms with Gasteiger partial charge in [0, 0.05) is 6.54 Å². The van der Waals surface area contributed by atoms with Gasteiger partial charge in [0.15, 0.2) is 0 Å². The third kappa shape index (κ3) is 2.91. The number of phenolic OH excluding ortho intramolecular Hbond substituents is 1. The summed E-state index contributed by atoms with van der Waals surface area (Å²) in [7, 11) is 0. The lowest BCUT2D eigenvalue weighted by Gasteiger charge is -2.56. The van der Waals surface area contributed by atoms with Gasteiger partial charge >= 0.3 is 6.03 Å². The number of carbonyl (C=O) groups excluding carboxylic acids is 1. The third-order valence-electron chi connectivity index (χ3n) is 6.19. The first-order valence-electron chi connectivity index (χ1n) is 8.86. The second-order valence-corrected chi connectivity index (χ2v) is 8.25. The minimum Gasteiger partial charge on any atom is -0.506 e. The molecule has 23 heavy (non-hydrogen) atoms. The van der Waals surface area contributed by atoms with Crippen molar-refractivity contribution in [2.24, 2.45) is 23.2 Å². The Kier molecular flexibility index (Phi) is 3.51. The monoisotopic (exact) mass is 314 g/mol. The zero-order valence-electron chi connectivity index (χ0n) is 13.8. The van der Waals surface area contributed by atoms with Gasteiger partial charge in [-0.2, -0.15) is 0 Å². The van der Waals surface area contributed by atoms with Gasteiger partial charge in [0.2, 0.25) is 0 Å². The molecule has 3 N–H and O–H groups in total. The molecule has 5 rings (SSSR count). The number of amides is 2. The van der Waals surface area contributed by atoms with Crippen LogP contribution in [-0.2, 0) is 0 Å². The van der Waals surface area contributed by atoms with Gasteiger partial charge in [-0.25, -0.2) is 4.79 Å². The summed E-state index contributed by atoms with van der Waals surface area (Å²) in [6.45, 7) is 2.72. The lowest BCUT2D eigenvalue weighted by atomic mass is 9.49. The minimum atomic E-state index is -0.207. The number of aromatic hydroxyl groups is 1. The largest absolute Gasteiger partial charge is 0.506 e. The summed E-state index contributed by atoms with van der Waals surface area (Å²) in [6, 6.07) is 5.03. The fourth-order valence-corrected chi connectivity index (χ4v) is 5.69. The predicted octanol–water partition coefficient (Wildman–Crippen LogP) is 4.04. The quantitative estimate of drug-likeness (QED) is 0.737. The molecule has 4 nitrogen and oxygen atoms in total. The molecule has 4 saturated carbocycles. The molecule has 0 heterocycles. The van der Waals surface area contributed by atoms with Crippen molar-refractivity contribution in [1.82, 2.24) is 5.32 Å². The van der Waals surface area contributed by atoms with Crippen LogP contribution in [0.3, 0.4) is 0 Å². The van der Waals surface area contributed by atoms with Gasteiger partial charge in [0.25, 0.3) is 0 Å². The van der Waals surface area contributed by atoms with E-state index in [4.69, 9.17) is 0 Å². The Labute approximate surface area is 137 Å². The van der Waals surface area contributed by atoms with E-state index >= 15 is 0 Å². The summed E-state index contributed by atoms with van der Waals surface area (Å²) in [4.78, 5) is 12.2. The molecule has 1 aromatic carbocycles. The van der Waals surface area contributed by atoms with E-state index in [1.54, 1.807) is 12.1 Å². The van der Waals surface area contributed by atoms with Gasteiger partial charge in [0.05, 0.1) is 5.69 Å². The molecule has 0 aliphatic heterocycles. The number of carbonyl (C=O) groups is 1. The first-order valence-corrected chi connectivity index (χ1v) is 8.86. The molecule has 0 aromatic heterocycles. The van der Waals surface area contributed by atoms with E-state index in [9.17, 15) is 9.90 Å². The molecule has 0 atom stereocenters. The van der Waals surface area contributed by atoms with Crippen molar-refractivity contribution in [3.05, 3.63) is 23.8 Å². The fourth-order valence-electron chi connectivity index (χ4n) is 5.69. The highest BCUT2D eigenvalue weighted by molar-refractivity contribution is 5.90. The smallest absolute Gasteiger partial charge is 0.319 e. The summed E-state index contributed by atoms with van der Waals surface area (Å²) in [5.74, 6) is 2.80. The first kappa shape index (κ1) is 14.9. The number of hydrogen-bond acceptors (Lipinski definition) is 2. The van der Waals surface area contributed by atoms with Gasteiger partial charge in [0.1, 0.15) is 5.75 Å². The molecule has 0 saturated heterocycles. The maximum absolute atomic E-state index is 12.2. The van der Waals surface area contributed by atoms with Crippen molar-refractivity contribution in [3.8, 4) is 5.75 Å². The topological polar surface area (TPSA) is 61.4 Å². The van der Waals surface area contributed by atoms with Crippen molar-refractivity contribution in [2.75, 3.05) is 11.9 Å². The second kappa shape index (κ2) is 5.43. The molecule has 4 bridgehead atoms. The zero-order chi connectivity index (χ0) is 16.0. The van der Waals surface area contributed by atoms with Gasteiger partial charge in [-0.1, -0.05) is 6.07 Å². The maximum atomic E-state index is 12.2. The number of urea groups is 1. The van der Waals surface area contributed by atoms with Crippen LogP contribution in [0, 0.1) is 30.1 Å². The van der Waals surface area contributed by atoms with Crippen LogP contribution in [0.4, 0.5) is 10.5 Å². The molecule has 4 aliphatic rings. The maximum Gasteiger partial charge on any atom is 0.319 e. The van der Waals surface area contributed by atoms with Crippen LogP contribution >= 0.6 is 0 Å². The SMILES string of the molecule is Cc1ccc(O)c(NC(=O)NCC23CC4CC(CC(C4)C2)C3)c1. The standard InChI is InChI=1S/C19H26N2O2/c1-12-2-3-17(22)16(4-12)21-18(23)20-11-19-8-13-5-14(9-19)7-15(6-13)10-19/h2-4,13-15,22H,5-11H2,1H3,(H2,20,21,23). The Morgan fingerprint density at radius 2 is 1.78 bits per heavy atom. The van der Waals surface area contributed by atoms with E-state index in [1.165, 1.54) is 38.5 Å². The lowest BCUT2D eigenvalue weighted by molar-refractivity contribution is -0.0496. The minimum absolute atomic E-state index is 0.112. The Morgan fingerprint density at radius 1 is 1.17 bits per heavy atom. The molecular weight excluding hydrogens is 288 g/mol. The summed E-state index contributed by atoms with van der Waals surface area (Å²) >= 11 is 0. The highest BCUT2D eigenvalue weighted by atomic mass is 16.3. The van der Waals surface area contributed by atoms with Crippen molar-refractivity contribution in [2.45, 2.75) is 45.4 Å². The molecule has 4 heteroatoms. The Morgan fingerprint density at radius 3 is 2.39 bits per heavy atom. The summed E-state index contributed by atoms with van der Waals surface area (Å²) in [6.07, 6.45) is 8.12. The van der Waals surface area contributed by atoms with E-state index in [0.29, 0.717) is 11.1 Å². The number of nitrogens with one attached hydrogen (secondary N) is 2. The van der Waals surface area contributed by atoms with E-state index < -0.39 is 0 Å². The highest BCUT2D eigenvalue weighted by Gasteiger charge is 2.50. The average molecular weight is 314 g/mol. The average Bonchev–Trinajstić information content (AvgIpc) is 2.48. The molecule has 2 amide bonds. The number of benzene rings is 1. The highest BCUT2D eigenvalue weighted by Crippen LogP contribution is 2.59. The molecule has 4 fully saturated rings. The van der Waals surface area contributed by atoms with Crippen LogP contribution < -0.4 is 10.6 Å². The normalized spacial score (nSPS) is 34.4. The van der Waals surface area contributed by atoms with Crippen LogP contribution in [0.2, 0.25) is 0 Å². The van der Waals surface area contributed by atoms with E-state index in [-0.39, 0.29) is 11.8 Å². The number of rotatable bonds is 3. The molecule has 0 radical (unpaired) electrons. The van der Waals surface area contributed by atoms with Crippen molar-refractivity contribution in [3.63, 3.8) is 0 Å². The molecule has 124 valence electrons. The van der Waals surface area contributed by atoms with Crippen LogP contribution in [0.1, 0.15) is 44.1 Å². The molecule has 0 unspecified atom stereocenters. The lowest BCUT2D eigenvalue weighted by Crippen LogP contribution is -2.51. The first-order chi connectivity index (χ1) is 11.0. The Balaban J connectivity index is 1.37. The van der Waals surface area contributed by atoms with E-state index in [0.717, 1.165) is 29.9 Å². The third-order valence-corrected chi connectivity index (χ3v) is 6.19. The zero-order valence-corrected chi connectivity index (χ0v) is 13.8. The number of anilines is 1. The van der Waals surface area contributed by atoms with Crippen LogP contribution in [0.5, 0.6) is 5.75 Å². The van der Waals surface area contributed by atoms with Gasteiger partial charge in [-0.3, -0.25) is 0 Å². The van der Waals surface area contributed by atoms with Gasteiger partial charge < -0.3 is 15.7 Å². The van der Waals surface area contributed by atoms with Gasteiger partial charge in [-0.05, 0) is 86.3 Å². The number of phenols is 1. The summed E-state index contributed by atoms with van der Waals surface area (Å²) < 4.78 is 0. The van der Waals surface area contributed by atoms with E-state index in [1.807, 2.05) is 13.0 Å². The van der Waals surface area contributed by atoms with Crippen LogP contribution in [0.15, 0.2) is 18.2 Å². The van der Waals surface area contributed by atoms with E-state index in [2.05, 4.69) is 10.6 Å². The van der Waals surface area contributed by atoms with Crippen LogP contribution in [-0.4, -0.2) is 17.7 Å². The Hall–Kier alpha value is -1.71.